The fraction of sp³-hybridized carbons (Fsp3) is 0.333. The van der Waals surface area contributed by atoms with Gasteiger partial charge in [-0.1, -0.05) is 11.6 Å². The van der Waals surface area contributed by atoms with E-state index in [9.17, 15) is 9.59 Å². The number of carbonyl (C=O) groups excluding carboxylic acids is 2. The molecular formula is C21H23ClN4O3. The van der Waals surface area contributed by atoms with Crippen LogP contribution in [0.4, 0.5) is 0 Å². The third-order valence-corrected chi connectivity index (χ3v) is 5.00. The van der Waals surface area contributed by atoms with Crippen LogP contribution >= 0.6 is 11.6 Å². The number of amides is 1. The van der Waals surface area contributed by atoms with E-state index in [1.807, 2.05) is 13.8 Å². The molecule has 0 saturated heterocycles. The molecular weight excluding hydrogens is 392 g/mol. The Kier molecular flexibility index (Phi) is 5.88. The smallest absolute Gasteiger partial charge is 0.271 e. The summed E-state index contributed by atoms with van der Waals surface area (Å²) in [5.74, 6) is 0.388. The molecule has 0 aliphatic carbocycles. The van der Waals surface area contributed by atoms with Crippen molar-refractivity contribution in [3.8, 4) is 11.5 Å². The van der Waals surface area contributed by atoms with Crippen molar-refractivity contribution in [3.05, 3.63) is 57.7 Å². The van der Waals surface area contributed by atoms with Crippen LogP contribution in [0, 0.1) is 13.8 Å². The highest BCUT2D eigenvalue weighted by Crippen LogP contribution is 2.23. The first-order chi connectivity index (χ1) is 13.7. The maximum absolute atomic E-state index is 13.2. The van der Waals surface area contributed by atoms with E-state index in [0.717, 1.165) is 5.56 Å². The molecule has 0 fully saturated rings. The van der Waals surface area contributed by atoms with E-state index in [-0.39, 0.29) is 24.3 Å². The lowest BCUT2D eigenvalue weighted by molar-refractivity contribution is 0.0666. The van der Waals surface area contributed by atoms with Gasteiger partial charge in [-0.2, -0.15) is 0 Å². The molecule has 0 atom stereocenters. The number of aromatic nitrogens is 3. The molecule has 152 valence electrons. The SMILES string of the molecule is CC(=O)c1c(C)[nH]c(C(=O)N(Cc2nnc(-c3ccc(Cl)cc3)o2)C(C)C)c1C. The number of ketones is 1. The van der Waals surface area contributed by atoms with E-state index in [1.165, 1.54) is 6.92 Å². The predicted octanol–water partition coefficient (Wildman–Crippen LogP) is 4.59. The Hall–Kier alpha value is -2.93. The van der Waals surface area contributed by atoms with Gasteiger partial charge in [0.15, 0.2) is 5.78 Å². The molecule has 0 bridgehead atoms. The molecule has 8 heteroatoms. The minimum absolute atomic E-state index is 0.0732. The first kappa shape index (κ1) is 20.8. The number of H-pyrrole nitrogens is 1. The predicted molar refractivity (Wildman–Crippen MR) is 110 cm³/mol. The van der Waals surface area contributed by atoms with Crippen LogP contribution in [-0.4, -0.2) is 37.8 Å². The van der Waals surface area contributed by atoms with Crippen molar-refractivity contribution in [1.29, 1.82) is 0 Å². The van der Waals surface area contributed by atoms with Crippen LogP contribution in [0.1, 0.15) is 58.8 Å². The zero-order valence-corrected chi connectivity index (χ0v) is 17.8. The highest BCUT2D eigenvalue weighted by atomic mass is 35.5. The lowest BCUT2D eigenvalue weighted by atomic mass is 10.1. The first-order valence-electron chi connectivity index (χ1n) is 9.28. The number of rotatable bonds is 6. The third kappa shape index (κ3) is 4.24. The topological polar surface area (TPSA) is 92.1 Å². The lowest BCUT2D eigenvalue weighted by Crippen LogP contribution is -2.37. The van der Waals surface area contributed by atoms with Crippen molar-refractivity contribution < 1.29 is 14.0 Å². The van der Waals surface area contributed by atoms with Gasteiger partial charge >= 0.3 is 0 Å². The molecule has 1 amide bonds. The highest BCUT2D eigenvalue weighted by molar-refractivity contribution is 6.30. The minimum atomic E-state index is -0.223. The number of aryl methyl sites for hydroxylation is 1. The summed E-state index contributed by atoms with van der Waals surface area (Å²) in [6, 6.07) is 6.96. The fourth-order valence-electron chi connectivity index (χ4n) is 3.30. The van der Waals surface area contributed by atoms with E-state index < -0.39 is 0 Å². The summed E-state index contributed by atoms with van der Waals surface area (Å²) in [5.41, 5.74) is 3.04. The van der Waals surface area contributed by atoms with E-state index >= 15 is 0 Å². The number of halogens is 1. The molecule has 3 rings (SSSR count). The third-order valence-electron chi connectivity index (χ3n) is 4.75. The summed E-state index contributed by atoms with van der Waals surface area (Å²) in [6.45, 7) is 9.03. The minimum Gasteiger partial charge on any atom is -0.419 e. The number of carbonyl (C=O) groups is 2. The standard InChI is InChI=1S/C21H23ClN4O3/c1-11(2)26(21(28)19-12(3)18(14(5)27)13(4)23-19)10-17-24-25-20(29-17)15-6-8-16(22)9-7-15/h6-9,11,23H,10H2,1-5H3. The molecule has 0 saturated carbocycles. The molecule has 7 nitrogen and oxygen atoms in total. The van der Waals surface area contributed by atoms with Crippen molar-refractivity contribution in [2.45, 2.75) is 47.2 Å². The van der Waals surface area contributed by atoms with Crippen LogP contribution in [0.5, 0.6) is 0 Å². The second kappa shape index (κ2) is 8.21. The Balaban J connectivity index is 1.86. The zero-order valence-electron chi connectivity index (χ0n) is 17.0. The molecule has 0 spiro atoms. The molecule has 2 heterocycles. The number of aromatic amines is 1. The van der Waals surface area contributed by atoms with Gasteiger partial charge in [-0.25, -0.2) is 0 Å². The second-order valence-electron chi connectivity index (χ2n) is 7.22. The highest BCUT2D eigenvalue weighted by Gasteiger charge is 2.27. The summed E-state index contributed by atoms with van der Waals surface area (Å²) in [5, 5.41) is 8.77. The van der Waals surface area contributed by atoms with Crippen LogP contribution in [0.15, 0.2) is 28.7 Å². The van der Waals surface area contributed by atoms with Crippen molar-refractivity contribution in [1.82, 2.24) is 20.1 Å². The van der Waals surface area contributed by atoms with Crippen LogP contribution in [0.3, 0.4) is 0 Å². The first-order valence-corrected chi connectivity index (χ1v) is 9.66. The fourth-order valence-corrected chi connectivity index (χ4v) is 3.42. The Morgan fingerprint density at radius 3 is 2.38 bits per heavy atom. The largest absolute Gasteiger partial charge is 0.419 e. The number of hydrogen-bond donors (Lipinski definition) is 1. The molecule has 2 aromatic heterocycles. The Morgan fingerprint density at radius 1 is 1.17 bits per heavy atom. The molecule has 0 aliphatic heterocycles. The van der Waals surface area contributed by atoms with Gasteiger partial charge in [-0.05, 0) is 64.4 Å². The van der Waals surface area contributed by atoms with Gasteiger partial charge in [-0.15, -0.1) is 10.2 Å². The average molecular weight is 415 g/mol. The number of nitrogens with zero attached hydrogens (tertiary/aromatic N) is 3. The van der Waals surface area contributed by atoms with Gasteiger partial charge in [0.05, 0.1) is 6.54 Å². The van der Waals surface area contributed by atoms with Crippen molar-refractivity contribution in [2.24, 2.45) is 0 Å². The number of Topliss-reactive ketones (excluding diaryl/α,β-unsaturated/α-hetero) is 1. The van der Waals surface area contributed by atoms with Crippen LogP contribution < -0.4 is 0 Å². The normalized spacial score (nSPS) is 11.1. The quantitative estimate of drug-likeness (QED) is 0.595. The Morgan fingerprint density at radius 2 is 1.83 bits per heavy atom. The molecule has 1 aromatic carbocycles. The van der Waals surface area contributed by atoms with Crippen molar-refractivity contribution in [2.75, 3.05) is 0 Å². The van der Waals surface area contributed by atoms with Gasteiger partial charge in [0.25, 0.3) is 5.91 Å². The van der Waals surface area contributed by atoms with Crippen LogP contribution in [0.25, 0.3) is 11.5 Å². The second-order valence-corrected chi connectivity index (χ2v) is 7.65. The van der Waals surface area contributed by atoms with Gasteiger partial charge in [0, 0.05) is 27.9 Å². The number of nitrogens with one attached hydrogen (secondary N) is 1. The number of hydrogen-bond acceptors (Lipinski definition) is 5. The molecule has 0 radical (unpaired) electrons. The molecule has 29 heavy (non-hydrogen) atoms. The summed E-state index contributed by atoms with van der Waals surface area (Å²) < 4.78 is 5.75. The Labute approximate surface area is 174 Å². The summed E-state index contributed by atoms with van der Waals surface area (Å²) in [7, 11) is 0. The van der Waals surface area contributed by atoms with E-state index in [4.69, 9.17) is 16.0 Å². The zero-order chi connectivity index (χ0) is 21.3. The van der Waals surface area contributed by atoms with Gasteiger partial charge < -0.3 is 14.3 Å². The van der Waals surface area contributed by atoms with E-state index in [2.05, 4.69) is 15.2 Å². The van der Waals surface area contributed by atoms with Gasteiger partial charge in [-0.3, -0.25) is 9.59 Å². The van der Waals surface area contributed by atoms with E-state index in [0.29, 0.717) is 39.3 Å². The average Bonchev–Trinajstić information content (AvgIpc) is 3.23. The van der Waals surface area contributed by atoms with Crippen molar-refractivity contribution >= 4 is 23.3 Å². The maximum atomic E-state index is 13.2. The lowest BCUT2D eigenvalue weighted by Gasteiger charge is -2.25. The van der Waals surface area contributed by atoms with Crippen LogP contribution in [-0.2, 0) is 6.54 Å². The molecule has 0 unspecified atom stereocenters. The number of benzene rings is 1. The maximum Gasteiger partial charge on any atom is 0.271 e. The van der Waals surface area contributed by atoms with Crippen LogP contribution in [0.2, 0.25) is 5.02 Å². The summed E-state index contributed by atoms with van der Waals surface area (Å²) in [6.07, 6.45) is 0. The van der Waals surface area contributed by atoms with Crippen molar-refractivity contribution in [3.63, 3.8) is 0 Å². The van der Waals surface area contributed by atoms with Gasteiger partial charge in [0.1, 0.15) is 5.69 Å². The molecule has 0 aliphatic rings. The summed E-state index contributed by atoms with van der Waals surface area (Å²) in [4.78, 5) is 29.8. The molecule has 1 N–H and O–H groups in total. The summed E-state index contributed by atoms with van der Waals surface area (Å²) >= 11 is 5.91. The molecule has 3 aromatic rings. The monoisotopic (exact) mass is 414 g/mol. The van der Waals surface area contributed by atoms with Gasteiger partial charge in [0.2, 0.25) is 11.8 Å². The van der Waals surface area contributed by atoms with E-state index in [1.54, 1.807) is 43.0 Å². The Bertz CT molecular complexity index is 1050.